The fraction of sp³-hybridized carbons (Fsp3) is 0.850. The predicted molar refractivity (Wildman–Crippen MR) is 95.4 cm³/mol. The van der Waals surface area contributed by atoms with Gasteiger partial charge in [0.2, 0.25) is 0 Å². The van der Waals surface area contributed by atoms with Gasteiger partial charge in [-0.15, -0.1) is 0 Å². The van der Waals surface area contributed by atoms with Crippen LogP contribution in [0.5, 0.6) is 0 Å². The molecule has 0 amide bonds. The van der Waals surface area contributed by atoms with Crippen LogP contribution in [0.4, 0.5) is 0 Å². The molecule has 0 saturated carbocycles. The van der Waals surface area contributed by atoms with Crippen molar-refractivity contribution in [3.8, 4) is 0 Å². The highest BCUT2D eigenvalue weighted by atomic mass is 16.4. The Morgan fingerprint density at radius 3 is 2.43 bits per heavy atom. The van der Waals surface area contributed by atoms with Gasteiger partial charge in [-0.3, -0.25) is 4.79 Å². The van der Waals surface area contributed by atoms with Crippen molar-refractivity contribution in [3.63, 3.8) is 0 Å². The van der Waals surface area contributed by atoms with E-state index in [-0.39, 0.29) is 23.9 Å². The Bertz CT molecular complexity index is 423. The Morgan fingerprint density at radius 2 is 1.83 bits per heavy atom. The van der Waals surface area contributed by atoms with Crippen molar-refractivity contribution in [2.24, 2.45) is 17.3 Å². The first kappa shape index (κ1) is 20.2. The summed E-state index contributed by atoms with van der Waals surface area (Å²) in [6, 6.07) is 0. The van der Waals surface area contributed by atoms with E-state index in [4.69, 9.17) is 5.11 Å². The molecule has 23 heavy (non-hydrogen) atoms. The standard InChI is InChI=1S/C20H36O3/c1-14(7-6-8-15(2)13-19(22)23)9-10-17-16(3)18(21)11-12-20(17,4)5/h14-15,18,21H,6-13H2,1-5H3,(H,22,23). The molecular formula is C20H36O3. The summed E-state index contributed by atoms with van der Waals surface area (Å²) in [4.78, 5) is 10.7. The van der Waals surface area contributed by atoms with Crippen LogP contribution < -0.4 is 0 Å². The first-order chi connectivity index (χ1) is 10.6. The quantitative estimate of drug-likeness (QED) is 0.574. The third kappa shape index (κ3) is 6.66. The predicted octanol–water partition coefficient (Wildman–Crippen LogP) is 5.18. The maximum absolute atomic E-state index is 10.7. The lowest BCUT2D eigenvalue weighted by molar-refractivity contribution is -0.138. The van der Waals surface area contributed by atoms with E-state index in [1.807, 2.05) is 6.92 Å². The molecule has 0 aliphatic heterocycles. The van der Waals surface area contributed by atoms with E-state index < -0.39 is 5.97 Å². The van der Waals surface area contributed by atoms with Crippen LogP contribution in [-0.2, 0) is 4.79 Å². The number of rotatable bonds is 9. The van der Waals surface area contributed by atoms with Gasteiger partial charge in [0.05, 0.1) is 6.10 Å². The maximum atomic E-state index is 10.7. The molecule has 2 N–H and O–H groups in total. The van der Waals surface area contributed by atoms with Crippen LogP contribution in [0.15, 0.2) is 11.1 Å². The van der Waals surface area contributed by atoms with Crippen molar-refractivity contribution in [2.75, 3.05) is 0 Å². The van der Waals surface area contributed by atoms with Crippen LogP contribution in [0.25, 0.3) is 0 Å². The van der Waals surface area contributed by atoms with Crippen LogP contribution in [-0.4, -0.2) is 22.3 Å². The minimum absolute atomic E-state index is 0.221. The molecule has 3 atom stereocenters. The van der Waals surface area contributed by atoms with Gasteiger partial charge in [0.25, 0.3) is 0 Å². The van der Waals surface area contributed by atoms with Gasteiger partial charge < -0.3 is 10.2 Å². The van der Waals surface area contributed by atoms with Crippen molar-refractivity contribution in [1.82, 2.24) is 0 Å². The minimum atomic E-state index is -0.689. The molecule has 134 valence electrons. The second-order valence-electron chi connectivity index (χ2n) is 8.38. The molecule has 0 aromatic heterocycles. The van der Waals surface area contributed by atoms with E-state index in [1.165, 1.54) is 17.6 Å². The number of hydrogen-bond acceptors (Lipinski definition) is 2. The van der Waals surface area contributed by atoms with E-state index in [0.29, 0.717) is 5.92 Å². The SMILES string of the molecule is CC1=C(CCC(C)CCCC(C)CC(=O)O)C(C)(C)CCC1O. The zero-order valence-electron chi connectivity index (χ0n) is 15.7. The van der Waals surface area contributed by atoms with Gasteiger partial charge >= 0.3 is 5.97 Å². The van der Waals surface area contributed by atoms with Crippen LogP contribution in [0.1, 0.15) is 86.0 Å². The van der Waals surface area contributed by atoms with E-state index in [9.17, 15) is 9.90 Å². The molecule has 0 heterocycles. The molecule has 1 rings (SSSR count). The third-order valence-electron chi connectivity index (χ3n) is 5.64. The highest BCUT2D eigenvalue weighted by molar-refractivity contribution is 5.66. The monoisotopic (exact) mass is 324 g/mol. The smallest absolute Gasteiger partial charge is 0.303 e. The Balaban J connectivity index is 2.39. The fourth-order valence-corrected chi connectivity index (χ4v) is 3.89. The molecule has 3 heteroatoms. The number of carboxylic acids is 1. The summed E-state index contributed by atoms with van der Waals surface area (Å²) >= 11 is 0. The van der Waals surface area contributed by atoms with Gasteiger partial charge in [-0.1, -0.05) is 52.5 Å². The third-order valence-corrected chi connectivity index (χ3v) is 5.64. The van der Waals surface area contributed by atoms with Crippen molar-refractivity contribution >= 4 is 5.97 Å². The van der Waals surface area contributed by atoms with Crippen molar-refractivity contribution in [1.29, 1.82) is 0 Å². The number of aliphatic carboxylic acids is 1. The molecule has 0 saturated heterocycles. The average molecular weight is 325 g/mol. The van der Waals surface area contributed by atoms with Gasteiger partial charge in [-0.2, -0.15) is 0 Å². The lowest BCUT2D eigenvalue weighted by Crippen LogP contribution is -2.28. The average Bonchev–Trinajstić information content (AvgIpc) is 2.42. The van der Waals surface area contributed by atoms with Gasteiger partial charge in [0, 0.05) is 6.42 Å². The molecule has 1 aliphatic rings. The Labute approximate surface area is 142 Å². The van der Waals surface area contributed by atoms with Gasteiger partial charge in [-0.05, 0) is 55.4 Å². The highest BCUT2D eigenvalue weighted by Gasteiger charge is 2.31. The van der Waals surface area contributed by atoms with E-state index in [2.05, 4.69) is 27.7 Å². The number of aliphatic hydroxyl groups excluding tert-OH is 1. The summed E-state index contributed by atoms with van der Waals surface area (Å²) in [5, 5.41) is 18.9. The van der Waals surface area contributed by atoms with Crippen molar-refractivity contribution in [2.45, 2.75) is 92.1 Å². The number of carboxylic acid groups (broad SMARTS) is 1. The van der Waals surface area contributed by atoms with Crippen LogP contribution in [0, 0.1) is 17.3 Å². The molecule has 0 aromatic rings. The summed E-state index contributed by atoms with van der Waals surface area (Å²) in [6.07, 6.45) is 7.53. The normalized spacial score (nSPS) is 23.7. The molecule has 0 spiro atoms. The van der Waals surface area contributed by atoms with E-state index in [1.54, 1.807) is 0 Å². The lowest BCUT2D eigenvalue weighted by Gasteiger charge is -2.37. The molecule has 1 aliphatic carbocycles. The summed E-state index contributed by atoms with van der Waals surface area (Å²) in [5.41, 5.74) is 2.88. The summed E-state index contributed by atoms with van der Waals surface area (Å²) in [7, 11) is 0. The molecule has 0 radical (unpaired) electrons. The Morgan fingerprint density at radius 1 is 1.22 bits per heavy atom. The van der Waals surface area contributed by atoms with Crippen LogP contribution in [0.3, 0.4) is 0 Å². The van der Waals surface area contributed by atoms with E-state index in [0.717, 1.165) is 38.5 Å². The Hall–Kier alpha value is -0.830. The van der Waals surface area contributed by atoms with Gasteiger partial charge in [0.15, 0.2) is 0 Å². The Kier molecular flexibility index (Phi) is 7.79. The zero-order valence-corrected chi connectivity index (χ0v) is 15.7. The first-order valence-electron chi connectivity index (χ1n) is 9.23. The summed E-state index contributed by atoms with van der Waals surface area (Å²) < 4.78 is 0. The minimum Gasteiger partial charge on any atom is -0.481 e. The molecule has 0 aromatic carbocycles. The maximum Gasteiger partial charge on any atom is 0.303 e. The first-order valence-corrected chi connectivity index (χ1v) is 9.23. The van der Waals surface area contributed by atoms with Crippen molar-refractivity contribution < 1.29 is 15.0 Å². The zero-order chi connectivity index (χ0) is 17.6. The second kappa shape index (κ2) is 8.86. The molecule has 3 nitrogen and oxygen atoms in total. The number of carbonyl (C=O) groups is 1. The lowest BCUT2D eigenvalue weighted by atomic mass is 9.70. The highest BCUT2D eigenvalue weighted by Crippen LogP contribution is 2.43. The van der Waals surface area contributed by atoms with Crippen LogP contribution >= 0.6 is 0 Å². The van der Waals surface area contributed by atoms with Gasteiger partial charge in [-0.25, -0.2) is 0 Å². The number of aliphatic hydroxyl groups is 1. The topological polar surface area (TPSA) is 57.5 Å². The fourth-order valence-electron chi connectivity index (χ4n) is 3.89. The molecule has 3 unspecified atom stereocenters. The van der Waals surface area contributed by atoms with E-state index >= 15 is 0 Å². The van der Waals surface area contributed by atoms with Crippen LogP contribution in [0.2, 0.25) is 0 Å². The number of allylic oxidation sites excluding steroid dienone is 1. The van der Waals surface area contributed by atoms with Gasteiger partial charge in [0.1, 0.15) is 0 Å². The second-order valence-corrected chi connectivity index (χ2v) is 8.38. The van der Waals surface area contributed by atoms with Crippen molar-refractivity contribution in [3.05, 3.63) is 11.1 Å². The summed E-state index contributed by atoms with van der Waals surface area (Å²) in [6.45, 7) is 11.0. The molecule has 0 fully saturated rings. The number of hydrogen-bond donors (Lipinski definition) is 2. The molecule has 0 bridgehead atoms. The largest absolute Gasteiger partial charge is 0.481 e. The molecular weight excluding hydrogens is 288 g/mol. The summed E-state index contributed by atoms with van der Waals surface area (Å²) in [5.74, 6) is 0.241.